The number of fused-ring (bicyclic) bond motifs is 2. The Morgan fingerprint density at radius 1 is 1.23 bits per heavy atom. The highest BCUT2D eigenvalue weighted by Gasteiger charge is 2.42. The molecule has 1 aromatic carbocycles. The van der Waals surface area contributed by atoms with Gasteiger partial charge in [0.25, 0.3) is 0 Å². The number of aryl methyl sites for hydroxylation is 1. The number of rotatable bonds is 6. The Labute approximate surface area is 135 Å². The highest BCUT2D eigenvalue weighted by molar-refractivity contribution is 5.38. The molecule has 1 aromatic rings. The van der Waals surface area contributed by atoms with Gasteiger partial charge in [0, 0.05) is 13.1 Å². The standard InChI is InChI=1S/C19H30N2O/c1-3-20(4-2)12-7-13-21-14-15-22-19(16-21)11-10-17-8-5-6-9-18(17)19/h5-6,8-9H,3-4,7,10-16H2,1-2H3. The second kappa shape index (κ2) is 7.12. The highest BCUT2D eigenvalue weighted by Crippen LogP contribution is 2.42. The first-order valence-electron chi connectivity index (χ1n) is 8.94. The number of nitrogens with zero attached hydrogens (tertiary/aromatic N) is 2. The van der Waals surface area contributed by atoms with Gasteiger partial charge in [-0.05, 0) is 56.6 Å². The molecular formula is C19H30N2O. The van der Waals surface area contributed by atoms with Gasteiger partial charge in [0.15, 0.2) is 0 Å². The molecule has 0 radical (unpaired) electrons. The summed E-state index contributed by atoms with van der Waals surface area (Å²) in [6, 6.07) is 8.87. The summed E-state index contributed by atoms with van der Waals surface area (Å²) in [5.74, 6) is 0. The maximum Gasteiger partial charge on any atom is 0.106 e. The van der Waals surface area contributed by atoms with Crippen LogP contribution in [0, 0.1) is 0 Å². The third kappa shape index (κ3) is 3.22. The summed E-state index contributed by atoms with van der Waals surface area (Å²) in [5.41, 5.74) is 2.92. The molecule has 2 aliphatic rings. The van der Waals surface area contributed by atoms with Crippen LogP contribution < -0.4 is 0 Å². The van der Waals surface area contributed by atoms with E-state index >= 15 is 0 Å². The van der Waals surface area contributed by atoms with Crippen LogP contribution in [0.5, 0.6) is 0 Å². The molecule has 0 aromatic heterocycles. The van der Waals surface area contributed by atoms with Crippen LogP contribution in [0.1, 0.15) is 37.8 Å². The Kier molecular flexibility index (Phi) is 5.17. The van der Waals surface area contributed by atoms with Crippen molar-refractivity contribution in [2.45, 2.75) is 38.7 Å². The second-order valence-electron chi connectivity index (χ2n) is 6.66. The fourth-order valence-electron chi connectivity index (χ4n) is 4.07. The molecule has 0 saturated carbocycles. The van der Waals surface area contributed by atoms with E-state index in [0.717, 1.165) is 39.2 Å². The molecule has 1 heterocycles. The van der Waals surface area contributed by atoms with Crippen LogP contribution in [-0.2, 0) is 16.8 Å². The minimum absolute atomic E-state index is 0.0238. The monoisotopic (exact) mass is 302 g/mol. The quantitative estimate of drug-likeness (QED) is 0.803. The Balaban J connectivity index is 1.59. The number of hydrogen-bond acceptors (Lipinski definition) is 3. The summed E-state index contributed by atoms with van der Waals surface area (Å²) in [7, 11) is 0. The first kappa shape index (κ1) is 16.0. The third-order valence-corrected chi connectivity index (χ3v) is 5.41. The normalized spacial score (nSPS) is 25.0. The second-order valence-corrected chi connectivity index (χ2v) is 6.66. The molecule has 3 rings (SSSR count). The Morgan fingerprint density at radius 3 is 2.86 bits per heavy atom. The van der Waals surface area contributed by atoms with Crippen molar-refractivity contribution in [1.82, 2.24) is 9.80 Å². The van der Waals surface area contributed by atoms with Crippen LogP contribution in [0.3, 0.4) is 0 Å². The van der Waals surface area contributed by atoms with E-state index < -0.39 is 0 Å². The van der Waals surface area contributed by atoms with Crippen LogP contribution >= 0.6 is 0 Å². The zero-order chi connectivity index (χ0) is 15.4. The van der Waals surface area contributed by atoms with E-state index in [9.17, 15) is 0 Å². The molecule has 1 saturated heterocycles. The van der Waals surface area contributed by atoms with Crippen molar-refractivity contribution in [2.24, 2.45) is 0 Å². The SMILES string of the molecule is CCN(CC)CCCN1CCOC2(CCc3ccccc32)C1. The van der Waals surface area contributed by atoms with Gasteiger partial charge in [0.05, 0.1) is 6.61 Å². The third-order valence-electron chi connectivity index (χ3n) is 5.41. The van der Waals surface area contributed by atoms with E-state index in [1.54, 1.807) is 0 Å². The Morgan fingerprint density at radius 2 is 2.05 bits per heavy atom. The van der Waals surface area contributed by atoms with Gasteiger partial charge >= 0.3 is 0 Å². The number of hydrogen-bond donors (Lipinski definition) is 0. The van der Waals surface area contributed by atoms with E-state index in [1.807, 2.05) is 0 Å². The molecule has 0 bridgehead atoms. The first-order valence-corrected chi connectivity index (χ1v) is 8.94. The van der Waals surface area contributed by atoms with Crippen LogP contribution in [0.2, 0.25) is 0 Å². The van der Waals surface area contributed by atoms with Crippen LogP contribution in [0.15, 0.2) is 24.3 Å². The summed E-state index contributed by atoms with van der Waals surface area (Å²) in [6.07, 6.45) is 3.59. The van der Waals surface area contributed by atoms with Crippen molar-refractivity contribution in [3.05, 3.63) is 35.4 Å². The average molecular weight is 302 g/mol. The van der Waals surface area contributed by atoms with Gasteiger partial charge in [-0.15, -0.1) is 0 Å². The number of benzene rings is 1. The zero-order valence-electron chi connectivity index (χ0n) is 14.2. The average Bonchev–Trinajstić information content (AvgIpc) is 2.91. The van der Waals surface area contributed by atoms with E-state index in [4.69, 9.17) is 4.74 Å². The van der Waals surface area contributed by atoms with Crippen LogP contribution in [0.25, 0.3) is 0 Å². The summed E-state index contributed by atoms with van der Waals surface area (Å²) in [5, 5.41) is 0. The van der Waals surface area contributed by atoms with Crippen molar-refractivity contribution >= 4 is 0 Å². The van der Waals surface area contributed by atoms with Crippen molar-refractivity contribution in [3.8, 4) is 0 Å². The van der Waals surface area contributed by atoms with Gasteiger partial charge in [-0.25, -0.2) is 0 Å². The molecule has 3 nitrogen and oxygen atoms in total. The van der Waals surface area contributed by atoms with Crippen LogP contribution in [-0.4, -0.2) is 55.7 Å². The fourth-order valence-corrected chi connectivity index (χ4v) is 4.07. The fraction of sp³-hybridized carbons (Fsp3) is 0.684. The molecule has 1 atom stereocenters. The largest absolute Gasteiger partial charge is 0.368 e. The molecular weight excluding hydrogens is 272 g/mol. The zero-order valence-corrected chi connectivity index (χ0v) is 14.2. The van der Waals surface area contributed by atoms with Crippen molar-refractivity contribution in [1.29, 1.82) is 0 Å². The van der Waals surface area contributed by atoms with Gasteiger partial charge in [-0.1, -0.05) is 38.1 Å². The predicted octanol–water partition coefficient (Wildman–Crippen LogP) is 2.89. The topological polar surface area (TPSA) is 15.7 Å². The van der Waals surface area contributed by atoms with Gasteiger partial charge in [0.1, 0.15) is 5.60 Å². The minimum atomic E-state index is -0.0238. The summed E-state index contributed by atoms with van der Waals surface area (Å²) < 4.78 is 6.30. The van der Waals surface area contributed by atoms with Crippen molar-refractivity contribution < 1.29 is 4.74 Å². The summed E-state index contributed by atoms with van der Waals surface area (Å²) >= 11 is 0. The molecule has 1 spiro atoms. The number of ether oxygens (including phenoxy) is 1. The van der Waals surface area contributed by atoms with E-state index in [1.165, 1.54) is 37.1 Å². The maximum atomic E-state index is 6.30. The lowest BCUT2D eigenvalue weighted by Gasteiger charge is -2.41. The van der Waals surface area contributed by atoms with Gasteiger partial charge in [-0.2, -0.15) is 0 Å². The molecule has 22 heavy (non-hydrogen) atoms. The predicted molar refractivity (Wildman–Crippen MR) is 91.2 cm³/mol. The molecule has 1 fully saturated rings. The molecule has 1 aliphatic carbocycles. The summed E-state index contributed by atoms with van der Waals surface area (Å²) in [6.45, 7) is 12.3. The Hall–Kier alpha value is -0.900. The first-order chi connectivity index (χ1) is 10.8. The highest BCUT2D eigenvalue weighted by atomic mass is 16.5. The molecule has 3 heteroatoms. The lowest BCUT2D eigenvalue weighted by molar-refractivity contribution is -0.113. The lowest BCUT2D eigenvalue weighted by Crippen LogP contribution is -2.49. The number of morpholine rings is 1. The smallest absolute Gasteiger partial charge is 0.106 e. The van der Waals surface area contributed by atoms with Gasteiger partial charge in [0.2, 0.25) is 0 Å². The molecule has 0 N–H and O–H groups in total. The maximum absolute atomic E-state index is 6.30. The summed E-state index contributed by atoms with van der Waals surface area (Å²) in [4.78, 5) is 5.14. The Bertz CT molecular complexity index is 482. The van der Waals surface area contributed by atoms with E-state index in [0.29, 0.717) is 0 Å². The molecule has 122 valence electrons. The van der Waals surface area contributed by atoms with Crippen molar-refractivity contribution in [2.75, 3.05) is 45.9 Å². The van der Waals surface area contributed by atoms with Gasteiger partial charge < -0.3 is 9.64 Å². The lowest BCUT2D eigenvalue weighted by atomic mass is 9.93. The van der Waals surface area contributed by atoms with Crippen molar-refractivity contribution in [3.63, 3.8) is 0 Å². The van der Waals surface area contributed by atoms with Gasteiger partial charge in [-0.3, -0.25) is 4.90 Å². The van der Waals surface area contributed by atoms with Crippen LogP contribution in [0.4, 0.5) is 0 Å². The van der Waals surface area contributed by atoms with E-state index in [-0.39, 0.29) is 5.60 Å². The minimum Gasteiger partial charge on any atom is -0.368 e. The molecule has 1 aliphatic heterocycles. The molecule has 1 unspecified atom stereocenters. The molecule has 0 amide bonds. The van der Waals surface area contributed by atoms with E-state index in [2.05, 4.69) is 47.9 Å².